The van der Waals surface area contributed by atoms with E-state index in [9.17, 15) is 0 Å². The molecule has 20 heavy (non-hydrogen) atoms. The lowest BCUT2D eigenvalue weighted by Gasteiger charge is -2.37. The van der Waals surface area contributed by atoms with Crippen molar-refractivity contribution in [3.8, 4) is 0 Å². The second-order valence-corrected chi connectivity index (χ2v) is 8.01. The van der Waals surface area contributed by atoms with Crippen LogP contribution < -0.4 is 5.32 Å². The third-order valence-corrected chi connectivity index (χ3v) is 5.31. The Hall–Kier alpha value is -0.510. The normalized spacial score (nSPS) is 27.2. The third kappa shape index (κ3) is 4.24. The van der Waals surface area contributed by atoms with E-state index < -0.39 is 0 Å². The molecule has 1 aliphatic rings. The van der Waals surface area contributed by atoms with Crippen LogP contribution in [0, 0.1) is 5.92 Å². The van der Waals surface area contributed by atoms with E-state index >= 15 is 0 Å². The largest absolute Gasteiger partial charge is 0.313 e. The van der Waals surface area contributed by atoms with Crippen molar-refractivity contribution in [1.29, 1.82) is 0 Å². The Morgan fingerprint density at radius 2 is 1.80 bits per heavy atom. The molecule has 0 aliphatic carbocycles. The fourth-order valence-corrected chi connectivity index (χ4v) is 4.77. The predicted molar refractivity (Wildman–Crippen MR) is 90.4 cm³/mol. The minimum Gasteiger partial charge on any atom is -0.313 e. The standard InChI is InChI=1S/C17H28N2S/c1-13(10-19-11-14(2)20-15(3)12-19)17(18-4)16-8-6-5-7-9-16/h5-9,13-15,17-18H,10-12H2,1-4H3. The van der Waals surface area contributed by atoms with Gasteiger partial charge < -0.3 is 10.2 Å². The van der Waals surface area contributed by atoms with Crippen LogP contribution in [-0.2, 0) is 0 Å². The zero-order chi connectivity index (χ0) is 14.5. The topological polar surface area (TPSA) is 15.3 Å². The molecule has 4 unspecified atom stereocenters. The maximum Gasteiger partial charge on any atom is 0.0355 e. The number of nitrogens with zero attached hydrogens (tertiary/aromatic N) is 1. The Kier molecular flexibility index (Phi) is 5.94. The summed E-state index contributed by atoms with van der Waals surface area (Å²) in [7, 11) is 2.07. The smallest absolute Gasteiger partial charge is 0.0355 e. The molecule has 0 bridgehead atoms. The number of hydrogen-bond acceptors (Lipinski definition) is 3. The lowest BCUT2D eigenvalue weighted by atomic mass is 9.94. The van der Waals surface area contributed by atoms with Crippen LogP contribution in [0.2, 0.25) is 0 Å². The molecular weight excluding hydrogens is 264 g/mol. The Morgan fingerprint density at radius 1 is 1.20 bits per heavy atom. The van der Waals surface area contributed by atoms with Gasteiger partial charge in [0.1, 0.15) is 0 Å². The minimum absolute atomic E-state index is 0.441. The van der Waals surface area contributed by atoms with E-state index in [4.69, 9.17) is 0 Å². The lowest BCUT2D eigenvalue weighted by molar-refractivity contribution is 0.212. The molecule has 3 heteroatoms. The summed E-state index contributed by atoms with van der Waals surface area (Å²) in [4.78, 5) is 2.64. The summed E-state index contributed by atoms with van der Waals surface area (Å²) < 4.78 is 0. The van der Waals surface area contributed by atoms with Gasteiger partial charge in [-0.15, -0.1) is 0 Å². The van der Waals surface area contributed by atoms with Crippen LogP contribution in [0.3, 0.4) is 0 Å². The van der Waals surface area contributed by atoms with E-state index in [1.165, 1.54) is 25.2 Å². The monoisotopic (exact) mass is 292 g/mol. The van der Waals surface area contributed by atoms with Gasteiger partial charge in [0.25, 0.3) is 0 Å². The highest BCUT2D eigenvalue weighted by Gasteiger charge is 2.26. The van der Waals surface area contributed by atoms with E-state index in [1.54, 1.807) is 0 Å². The van der Waals surface area contributed by atoms with Gasteiger partial charge in [-0.1, -0.05) is 51.1 Å². The van der Waals surface area contributed by atoms with Crippen molar-refractivity contribution < 1.29 is 0 Å². The fourth-order valence-electron chi connectivity index (χ4n) is 3.39. The summed E-state index contributed by atoms with van der Waals surface area (Å²) in [5.74, 6) is 0.616. The van der Waals surface area contributed by atoms with E-state index in [0.29, 0.717) is 12.0 Å². The molecular formula is C17H28N2S. The van der Waals surface area contributed by atoms with Crippen molar-refractivity contribution >= 4 is 11.8 Å². The van der Waals surface area contributed by atoms with Crippen LogP contribution in [0.5, 0.6) is 0 Å². The molecule has 1 saturated heterocycles. The van der Waals surface area contributed by atoms with Crippen LogP contribution in [0.15, 0.2) is 30.3 Å². The molecule has 0 aromatic heterocycles. The van der Waals surface area contributed by atoms with Gasteiger partial charge in [-0.05, 0) is 18.5 Å². The van der Waals surface area contributed by atoms with Crippen LogP contribution in [-0.4, -0.2) is 42.1 Å². The SMILES string of the molecule is CNC(c1ccccc1)C(C)CN1CC(C)SC(C)C1. The summed E-state index contributed by atoms with van der Waals surface area (Å²) in [5.41, 5.74) is 1.40. The predicted octanol–water partition coefficient (Wildman–Crippen LogP) is 3.41. The molecule has 1 N–H and O–H groups in total. The molecule has 1 fully saturated rings. The molecule has 0 radical (unpaired) electrons. The van der Waals surface area contributed by atoms with Gasteiger partial charge in [0.2, 0.25) is 0 Å². The van der Waals surface area contributed by atoms with Crippen LogP contribution in [0.4, 0.5) is 0 Å². The molecule has 0 spiro atoms. The van der Waals surface area contributed by atoms with Gasteiger partial charge in [0, 0.05) is 36.2 Å². The summed E-state index contributed by atoms with van der Waals surface area (Å²) in [6.07, 6.45) is 0. The van der Waals surface area contributed by atoms with Crippen molar-refractivity contribution in [2.75, 3.05) is 26.7 Å². The van der Waals surface area contributed by atoms with Gasteiger partial charge in [-0.2, -0.15) is 11.8 Å². The molecule has 4 atom stereocenters. The number of rotatable bonds is 5. The molecule has 0 saturated carbocycles. The first-order chi connectivity index (χ1) is 9.60. The fraction of sp³-hybridized carbons (Fsp3) is 0.647. The first-order valence-corrected chi connectivity index (χ1v) is 8.64. The highest BCUT2D eigenvalue weighted by atomic mass is 32.2. The molecule has 1 aromatic carbocycles. The summed E-state index contributed by atoms with van der Waals surface area (Å²) >= 11 is 2.13. The van der Waals surface area contributed by atoms with Gasteiger partial charge in [0.05, 0.1) is 0 Å². The van der Waals surface area contributed by atoms with E-state index in [1.807, 2.05) is 0 Å². The van der Waals surface area contributed by atoms with Crippen LogP contribution in [0.25, 0.3) is 0 Å². The Labute approximate surface area is 128 Å². The van der Waals surface area contributed by atoms with Crippen molar-refractivity contribution in [2.24, 2.45) is 5.92 Å². The molecule has 2 rings (SSSR count). The third-order valence-electron chi connectivity index (χ3n) is 4.08. The van der Waals surface area contributed by atoms with Gasteiger partial charge in [0.15, 0.2) is 0 Å². The van der Waals surface area contributed by atoms with Gasteiger partial charge in [-0.3, -0.25) is 0 Å². The van der Waals surface area contributed by atoms with Crippen molar-refractivity contribution in [1.82, 2.24) is 10.2 Å². The zero-order valence-corrected chi connectivity index (χ0v) is 14.0. The van der Waals surface area contributed by atoms with E-state index in [-0.39, 0.29) is 0 Å². The summed E-state index contributed by atoms with van der Waals surface area (Å²) in [6, 6.07) is 11.3. The second-order valence-electron chi connectivity index (χ2n) is 6.13. The zero-order valence-electron chi connectivity index (χ0n) is 13.2. The lowest BCUT2D eigenvalue weighted by Crippen LogP contribution is -2.44. The Morgan fingerprint density at radius 3 is 2.35 bits per heavy atom. The highest BCUT2D eigenvalue weighted by Crippen LogP contribution is 2.28. The number of thioether (sulfide) groups is 1. The molecule has 1 aromatic rings. The highest BCUT2D eigenvalue weighted by molar-refractivity contribution is 8.00. The average molecular weight is 292 g/mol. The maximum absolute atomic E-state index is 3.50. The van der Waals surface area contributed by atoms with Gasteiger partial charge in [-0.25, -0.2) is 0 Å². The Bertz CT molecular complexity index is 385. The first kappa shape index (κ1) is 15.9. The maximum atomic E-state index is 3.50. The number of nitrogens with one attached hydrogen (secondary N) is 1. The molecule has 2 nitrogen and oxygen atoms in total. The van der Waals surface area contributed by atoms with Crippen molar-refractivity contribution in [3.05, 3.63) is 35.9 Å². The van der Waals surface area contributed by atoms with Crippen LogP contribution >= 0.6 is 11.8 Å². The van der Waals surface area contributed by atoms with Gasteiger partial charge >= 0.3 is 0 Å². The molecule has 112 valence electrons. The number of benzene rings is 1. The van der Waals surface area contributed by atoms with E-state index in [2.05, 4.69) is 80.1 Å². The molecule has 1 aliphatic heterocycles. The van der Waals surface area contributed by atoms with Crippen molar-refractivity contribution in [3.63, 3.8) is 0 Å². The Balaban J connectivity index is 1.97. The molecule has 0 amide bonds. The summed E-state index contributed by atoms with van der Waals surface area (Å²) in [6.45, 7) is 10.7. The van der Waals surface area contributed by atoms with Crippen molar-refractivity contribution in [2.45, 2.75) is 37.3 Å². The quantitative estimate of drug-likeness (QED) is 0.895. The average Bonchev–Trinajstić information content (AvgIpc) is 2.39. The van der Waals surface area contributed by atoms with Crippen LogP contribution in [0.1, 0.15) is 32.4 Å². The number of hydrogen-bond donors (Lipinski definition) is 1. The summed E-state index contributed by atoms with van der Waals surface area (Å²) in [5, 5.41) is 5.02. The minimum atomic E-state index is 0.441. The molecule has 1 heterocycles. The first-order valence-electron chi connectivity index (χ1n) is 7.70. The second kappa shape index (κ2) is 7.48. The van der Waals surface area contributed by atoms with E-state index in [0.717, 1.165) is 10.5 Å².